The van der Waals surface area contributed by atoms with Gasteiger partial charge in [0.25, 0.3) is 0 Å². The molecular weight excluding hydrogens is 286 g/mol. The maximum Gasteiger partial charge on any atom is 0.150 e. The van der Waals surface area contributed by atoms with Crippen molar-refractivity contribution >= 4 is 20.7 Å². The van der Waals surface area contributed by atoms with Gasteiger partial charge in [-0.2, -0.15) is 0 Å². The molecule has 0 amide bonds. The van der Waals surface area contributed by atoms with Crippen LogP contribution in [0.5, 0.6) is 0 Å². The third kappa shape index (κ3) is 3.07. The van der Waals surface area contributed by atoms with E-state index in [2.05, 4.69) is 10.4 Å². The van der Waals surface area contributed by atoms with E-state index in [1.807, 2.05) is 30.3 Å². The summed E-state index contributed by atoms with van der Waals surface area (Å²) in [5.41, 5.74) is 4.78. The summed E-state index contributed by atoms with van der Waals surface area (Å²) < 4.78 is 23.2. The van der Waals surface area contributed by atoms with Crippen LogP contribution in [0.1, 0.15) is 24.4 Å². The molecule has 0 saturated carbocycles. The zero-order valence-corrected chi connectivity index (χ0v) is 12.5. The first-order chi connectivity index (χ1) is 10.1. The first-order valence-electron chi connectivity index (χ1n) is 7.09. The van der Waals surface area contributed by atoms with Crippen LogP contribution >= 0.6 is 0 Å². The molecule has 0 spiro atoms. The Hall–Kier alpha value is -1.50. The zero-order chi connectivity index (χ0) is 14.9. The van der Waals surface area contributed by atoms with E-state index in [1.165, 1.54) is 0 Å². The Morgan fingerprint density at radius 2 is 2.14 bits per heavy atom. The molecule has 0 bridgehead atoms. The summed E-state index contributed by atoms with van der Waals surface area (Å²) >= 11 is 0. The van der Waals surface area contributed by atoms with Crippen LogP contribution in [-0.4, -0.2) is 24.9 Å². The highest BCUT2D eigenvalue weighted by molar-refractivity contribution is 7.91. The Labute approximate surface area is 124 Å². The van der Waals surface area contributed by atoms with Crippen LogP contribution in [0.15, 0.2) is 36.5 Å². The van der Waals surface area contributed by atoms with Crippen molar-refractivity contribution in [1.29, 1.82) is 0 Å². The molecule has 1 aliphatic rings. The van der Waals surface area contributed by atoms with Crippen molar-refractivity contribution < 1.29 is 8.42 Å². The summed E-state index contributed by atoms with van der Waals surface area (Å²) in [5, 5.41) is 1.06. The van der Waals surface area contributed by atoms with Gasteiger partial charge in [-0.15, -0.1) is 0 Å². The van der Waals surface area contributed by atoms with Gasteiger partial charge in [0.05, 0.1) is 17.0 Å². The number of rotatable bonds is 4. The van der Waals surface area contributed by atoms with Crippen molar-refractivity contribution in [2.75, 3.05) is 11.5 Å². The van der Waals surface area contributed by atoms with Gasteiger partial charge in [-0.25, -0.2) is 8.42 Å². The van der Waals surface area contributed by atoms with Crippen LogP contribution < -0.4 is 11.3 Å². The lowest BCUT2D eigenvalue weighted by molar-refractivity contribution is 0.423. The second-order valence-corrected chi connectivity index (χ2v) is 7.88. The molecule has 2 atom stereocenters. The number of pyridine rings is 1. The highest BCUT2D eigenvalue weighted by Crippen LogP contribution is 2.31. The normalized spacial score (nSPS) is 22.4. The van der Waals surface area contributed by atoms with E-state index in [0.717, 1.165) is 22.9 Å². The van der Waals surface area contributed by atoms with E-state index in [4.69, 9.17) is 5.84 Å². The van der Waals surface area contributed by atoms with E-state index in [9.17, 15) is 8.42 Å². The van der Waals surface area contributed by atoms with E-state index in [1.54, 1.807) is 6.20 Å². The van der Waals surface area contributed by atoms with Crippen LogP contribution in [0.3, 0.4) is 0 Å². The van der Waals surface area contributed by atoms with Gasteiger partial charge in [0.1, 0.15) is 0 Å². The number of nitrogens with two attached hydrogens (primary N) is 1. The van der Waals surface area contributed by atoms with E-state index < -0.39 is 9.84 Å². The first kappa shape index (κ1) is 14.4. The van der Waals surface area contributed by atoms with Gasteiger partial charge in [0.15, 0.2) is 9.84 Å². The molecule has 21 heavy (non-hydrogen) atoms. The molecule has 2 unspecified atom stereocenters. The largest absolute Gasteiger partial charge is 0.271 e. The minimum atomic E-state index is -2.86. The van der Waals surface area contributed by atoms with Gasteiger partial charge < -0.3 is 0 Å². The lowest BCUT2D eigenvalue weighted by Crippen LogP contribution is -2.30. The minimum Gasteiger partial charge on any atom is -0.271 e. The second-order valence-electron chi connectivity index (χ2n) is 5.65. The average Bonchev–Trinajstić information content (AvgIpc) is 2.83. The Morgan fingerprint density at radius 3 is 2.86 bits per heavy atom. The van der Waals surface area contributed by atoms with Crippen LogP contribution in [0.25, 0.3) is 10.9 Å². The molecule has 1 aromatic heterocycles. The van der Waals surface area contributed by atoms with Gasteiger partial charge >= 0.3 is 0 Å². The molecule has 1 aromatic carbocycles. The molecule has 2 heterocycles. The number of nitrogens with zero attached hydrogens (tertiary/aromatic N) is 1. The molecule has 6 heteroatoms. The van der Waals surface area contributed by atoms with Crippen LogP contribution in [-0.2, 0) is 9.84 Å². The molecule has 5 nitrogen and oxygen atoms in total. The van der Waals surface area contributed by atoms with Crippen molar-refractivity contribution in [3.63, 3.8) is 0 Å². The second kappa shape index (κ2) is 5.71. The van der Waals surface area contributed by atoms with Crippen molar-refractivity contribution in [1.82, 2.24) is 10.4 Å². The Kier molecular flexibility index (Phi) is 3.93. The molecule has 3 rings (SSSR count). The van der Waals surface area contributed by atoms with Crippen LogP contribution in [0, 0.1) is 5.92 Å². The van der Waals surface area contributed by atoms with E-state index in [0.29, 0.717) is 12.2 Å². The zero-order valence-electron chi connectivity index (χ0n) is 11.7. The van der Waals surface area contributed by atoms with Gasteiger partial charge in [0, 0.05) is 17.6 Å². The number of hydrazine groups is 1. The molecular formula is C15H19N3O2S. The Bertz CT molecular complexity index is 740. The van der Waals surface area contributed by atoms with Crippen molar-refractivity contribution in [3.8, 4) is 0 Å². The first-order valence-corrected chi connectivity index (χ1v) is 8.91. The molecule has 0 radical (unpaired) electrons. The number of nitrogens with one attached hydrogen (secondary N) is 1. The molecule has 1 saturated heterocycles. The number of para-hydroxylation sites is 1. The van der Waals surface area contributed by atoms with Gasteiger partial charge in [-0.3, -0.25) is 16.3 Å². The molecule has 3 N–H and O–H groups in total. The number of aromatic nitrogens is 1. The fourth-order valence-corrected chi connectivity index (χ4v) is 4.97. The SMILES string of the molecule is NNC(CC1CCS(=O)(=O)C1)c1cccc2cccnc12. The molecule has 1 aliphatic heterocycles. The lowest BCUT2D eigenvalue weighted by atomic mass is 9.93. The summed E-state index contributed by atoms with van der Waals surface area (Å²) in [6.07, 6.45) is 3.20. The number of fused-ring (bicyclic) bond motifs is 1. The third-order valence-electron chi connectivity index (χ3n) is 4.14. The van der Waals surface area contributed by atoms with E-state index in [-0.39, 0.29) is 17.7 Å². The average molecular weight is 305 g/mol. The van der Waals surface area contributed by atoms with Crippen molar-refractivity contribution in [2.24, 2.45) is 11.8 Å². The predicted molar refractivity (Wildman–Crippen MR) is 83.2 cm³/mol. The van der Waals surface area contributed by atoms with Gasteiger partial charge in [-0.1, -0.05) is 24.3 Å². The topological polar surface area (TPSA) is 85.1 Å². The van der Waals surface area contributed by atoms with E-state index >= 15 is 0 Å². The smallest absolute Gasteiger partial charge is 0.150 e. The van der Waals surface area contributed by atoms with Crippen LogP contribution in [0.4, 0.5) is 0 Å². The van der Waals surface area contributed by atoms with Crippen molar-refractivity contribution in [2.45, 2.75) is 18.9 Å². The highest BCUT2D eigenvalue weighted by Gasteiger charge is 2.30. The van der Waals surface area contributed by atoms with Crippen LogP contribution in [0.2, 0.25) is 0 Å². The molecule has 0 aliphatic carbocycles. The fraction of sp³-hybridized carbons (Fsp3) is 0.400. The summed E-state index contributed by atoms with van der Waals surface area (Å²) in [7, 11) is -2.86. The minimum absolute atomic E-state index is 0.0816. The summed E-state index contributed by atoms with van der Waals surface area (Å²) in [5.74, 6) is 6.44. The van der Waals surface area contributed by atoms with Crippen molar-refractivity contribution in [3.05, 3.63) is 42.1 Å². The Balaban J connectivity index is 1.89. The van der Waals surface area contributed by atoms with Gasteiger partial charge in [-0.05, 0) is 30.4 Å². The molecule has 1 fully saturated rings. The maximum atomic E-state index is 11.6. The maximum absolute atomic E-state index is 11.6. The molecule has 2 aromatic rings. The molecule has 112 valence electrons. The third-order valence-corrected chi connectivity index (χ3v) is 5.97. The monoisotopic (exact) mass is 305 g/mol. The summed E-state index contributed by atoms with van der Waals surface area (Å²) in [6.45, 7) is 0. The lowest BCUT2D eigenvalue weighted by Gasteiger charge is -2.20. The number of benzene rings is 1. The highest BCUT2D eigenvalue weighted by atomic mass is 32.2. The quantitative estimate of drug-likeness (QED) is 0.661. The Morgan fingerprint density at radius 1 is 1.33 bits per heavy atom. The predicted octanol–water partition coefficient (Wildman–Crippen LogP) is 1.56. The standard InChI is InChI=1S/C15H19N3O2S/c16-18-14(9-11-6-8-21(19,20)10-11)13-5-1-3-12-4-2-7-17-15(12)13/h1-5,7,11,14,18H,6,8-10,16H2. The summed E-state index contributed by atoms with van der Waals surface area (Å²) in [6, 6.07) is 9.83. The fourth-order valence-electron chi connectivity index (χ4n) is 3.09. The summed E-state index contributed by atoms with van der Waals surface area (Å²) in [4.78, 5) is 4.44. The number of hydrogen-bond donors (Lipinski definition) is 2. The van der Waals surface area contributed by atoms with Gasteiger partial charge in [0.2, 0.25) is 0 Å². The number of hydrogen-bond acceptors (Lipinski definition) is 5. The number of sulfone groups is 1.